The number of nitrogens with zero attached hydrogens (tertiary/aromatic N) is 1. The maximum absolute atomic E-state index is 9.59. The van der Waals surface area contributed by atoms with Crippen LogP contribution < -0.4 is 5.73 Å². The van der Waals surface area contributed by atoms with E-state index in [4.69, 9.17) is 10.5 Å². The fraction of sp³-hybridized carbons (Fsp3) is 0.538. The van der Waals surface area contributed by atoms with Crippen molar-refractivity contribution in [2.75, 3.05) is 32.8 Å². The van der Waals surface area contributed by atoms with Gasteiger partial charge in [0.25, 0.3) is 0 Å². The van der Waals surface area contributed by atoms with Crippen molar-refractivity contribution < 1.29 is 9.84 Å². The summed E-state index contributed by atoms with van der Waals surface area (Å²) in [5.74, 6) is 0. The van der Waals surface area contributed by atoms with Crippen molar-refractivity contribution in [2.45, 2.75) is 12.6 Å². The SMILES string of the molecule is NC[C@@H](O)c1ccc(CN2CCOCC2)cc1. The summed E-state index contributed by atoms with van der Waals surface area (Å²) >= 11 is 0. The molecule has 2 rings (SSSR count). The number of rotatable bonds is 4. The van der Waals surface area contributed by atoms with Crippen molar-refractivity contribution >= 4 is 0 Å². The monoisotopic (exact) mass is 236 g/mol. The molecule has 0 saturated carbocycles. The van der Waals surface area contributed by atoms with Crippen LogP contribution in [-0.2, 0) is 11.3 Å². The Morgan fingerprint density at radius 2 is 1.88 bits per heavy atom. The molecule has 0 radical (unpaired) electrons. The number of benzene rings is 1. The quantitative estimate of drug-likeness (QED) is 0.800. The summed E-state index contributed by atoms with van der Waals surface area (Å²) < 4.78 is 5.31. The molecule has 1 aromatic rings. The van der Waals surface area contributed by atoms with Crippen LogP contribution in [0.2, 0.25) is 0 Å². The third kappa shape index (κ3) is 3.51. The smallest absolute Gasteiger partial charge is 0.0912 e. The van der Waals surface area contributed by atoms with Gasteiger partial charge >= 0.3 is 0 Å². The molecule has 1 aliphatic heterocycles. The van der Waals surface area contributed by atoms with Crippen LogP contribution in [0.5, 0.6) is 0 Å². The number of nitrogens with two attached hydrogens (primary N) is 1. The summed E-state index contributed by atoms with van der Waals surface area (Å²) in [4.78, 5) is 2.37. The lowest BCUT2D eigenvalue weighted by atomic mass is 10.1. The highest BCUT2D eigenvalue weighted by atomic mass is 16.5. The topological polar surface area (TPSA) is 58.7 Å². The molecule has 3 N–H and O–H groups in total. The van der Waals surface area contributed by atoms with E-state index in [9.17, 15) is 5.11 Å². The van der Waals surface area contributed by atoms with Gasteiger partial charge in [0.1, 0.15) is 0 Å². The van der Waals surface area contributed by atoms with E-state index in [2.05, 4.69) is 17.0 Å². The largest absolute Gasteiger partial charge is 0.387 e. The van der Waals surface area contributed by atoms with Crippen LogP contribution in [0.1, 0.15) is 17.2 Å². The van der Waals surface area contributed by atoms with E-state index in [-0.39, 0.29) is 6.54 Å². The van der Waals surface area contributed by atoms with Gasteiger partial charge in [-0.25, -0.2) is 0 Å². The molecule has 17 heavy (non-hydrogen) atoms. The first-order chi connectivity index (χ1) is 8.29. The second kappa shape index (κ2) is 6.12. The molecule has 1 aliphatic rings. The molecule has 1 heterocycles. The van der Waals surface area contributed by atoms with Gasteiger partial charge in [0, 0.05) is 26.2 Å². The van der Waals surface area contributed by atoms with E-state index in [1.165, 1.54) is 5.56 Å². The van der Waals surface area contributed by atoms with E-state index >= 15 is 0 Å². The number of aliphatic hydroxyl groups is 1. The average Bonchev–Trinajstić information content (AvgIpc) is 2.40. The first-order valence-electron chi connectivity index (χ1n) is 6.06. The van der Waals surface area contributed by atoms with Crippen molar-refractivity contribution in [3.05, 3.63) is 35.4 Å². The lowest BCUT2D eigenvalue weighted by molar-refractivity contribution is 0.0342. The van der Waals surface area contributed by atoms with E-state index in [1.54, 1.807) is 0 Å². The van der Waals surface area contributed by atoms with E-state index in [0.29, 0.717) is 0 Å². The minimum atomic E-state index is -0.549. The van der Waals surface area contributed by atoms with Gasteiger partial charge < -0.3 is 15.6 Å². The fourth-order valence-corrected chi connectivity index (χ4v) is 2.00. The highest BCUT2D eigenvalue weighted by molar-refractivity contribution is 5.24. The average molecular weight is 236 g/mol. The van der Waals surface area contributed by atoms with Gasteiger partial charge in [-0.1, -0.05) is 24.3 Å². The van der Waals surface area contributed by atoms with E-state index in [0.717, 1.165) is 38.4 Å². The standard InChI is InChI=1S/C13H20N2O2/c14-9-13(16)12-3-1-11(2-4-12)10-15-5-7-17-8-6-15/h1-4,13,16H,5-10,14H2/t13-/m1/s1. The minimum Gasteiger partial charge on any atom is -0.387 e. The summed E-state index contributed by atoms with van der Waals surface area (Å²) in [5.41, 5.74) is 7.57. The predicted octanol–water partition coefficient (Wildman–Crippen LogP) is 0.511. The highest BCUT2D eigenvalue weighted by Gasteiger charge is 2.11. The molecular formula is C13H20N2O2. The van der Waals surface area contributed by atoms with Crippen molar-refractivity contribution in [1.29, 1.82) is 0 Å². The maximum atomic E-state index is 9.59. The molecule has 1 atom stereocenters. The summed E-state index contributed by atoms with van der Waals surface area (Å²) in [6, 6.07) is 8.02. The molecule has 1 saturated heterocycles. The Bertz CT molecular complexity index is 334. The number of ether oxygens (including phenoxy) is 1. The lowest BCUT2D eigenvalue weighted by Gasteiger charge is -2.26. The van der Waals surface area contributed by atoms with E-state index in [1.807, 2.05) is 12.1 Å². The summed E-state index contributed by atoms with van der Waals surface area (Å²) in [7, 11) is 0. The van der Waals surface area contributed by atoms with Gasteiger partial charge in [-0.05, 0) is 11.1 Å². The Kier molecular flexibility index (Phi) is 4.50. The van der Waals surface area contributed by atoms with Gasteiger partial charge in [0.15, 0.2) is 0 Å². The van der Waals surface area contributed by atoms with Crippen LogP contribution in [0.3, 0.4) is 0 Å². The zero-order valence-electron chi connectivity index (χ0n) is 10.0. The molecule has 0 aliphatic carbocycles. The number of hydrogen-bond acceptors (Lipinski definition) is 4. The molecule has 4 nitrogen and oxygen atoms in total. The van der Waals surface area contributed by atoms with E-state index < -0.39 is 6.10 Å². The third-order valence-corrected chi connectivity index (χ3v) is 3.10. The number of morpholine rings is 1. The second-order valence-corrected chi connectivity index (χ2v) is 4.38. The molecule has 94 valence electrons. The van der Waals surface area contributed by atoms with Gasteiger partial charge in [-0.15, -0.1) is 0 Å². The first-order valence-corrected chi connectivity index (χ1v) is 6.06. The molecule has 0 unspecified atom stereocenters. The predicted molar refractivity (Wildman–Crippen MR) is 66.6 cm³/mol. The van der Waals surface area contributed by atoms with Crippen molar-refractivity contribution in [1.82, 2.24) is 4.90 Å². The fourth-order valence-electron chi connectivity index (χ4n) is 2.00. The third-order valence-electron chi connectivity index (χ3n) is 3.10. The Morgan fingerprint density at radius 1 is 1.24 bits per heavy atom. The minimum absolute atomic E-state index is 0.267. The van der Waals surface area contributed by atoms with Crippen LogP contribution in [-0.4, -0.2) is 42.9 Å². The van der Waals surface area contributed by atoms with Crippen LogP contribution in [0.4, 0.5) is 0 Å². The van der Waals surface area contributed by atoms with Gasteiger partial charge in [-0.3, -0.25) is 4.90 Å². The molecule has 0 bridgehead atoms. The Labute approximate surface area is 102 Å². The Morgan fingerprint density at radius 3 is 2.47 bits per heavy atom. The van der Waals surface area contributed by atoms with Crippen LogP contribution >= 0.6 is 0 Å². The molecular weight excluding hydrogens is 216 g/mol. The molecule has 0 aromatic heterocycles. The number of hydrogen-bond donors (Lipinski definition) is 2. The Hall–Kier alpha value is -0.940. The van der Waals surface area contributed by atoms with Crippen LogP contribution in [0.15, 0.2) is 24.3 Å². The highest BCUT2D eigenvalue weighted by Crippen LogP contribution is 2.14. The van der Waals surface area contributed by atoms with Crippen LogP contribution in [0, 0.1) is 0 Å². The normalized spacial score (nSPS) is 19.2. The Balaban J connectivity index is 1.93. The van der Waals surface area contributed by atoms with Crippen molar-refractivity contribution in [2.24, 2.45) is 5.73 Å². The molecule has 4 heteroatoms. The zero-order valence-corrected chi connectivity index (χ0v) is 10.0. The summed E-state index contributed by atoms with van der Waals surface area (Å²) in [6.07, 6.45) is -0.549. The summed E-state index contributed by atoms with van der Waals surface area (Å²) in [5, 5.41) is 9.59. The second-order valence-electron chi connectivity index (χ2n) is 4.38. The molecule has 1 aromatic carbocycles. The molecule has 0 amide bonds. The number of aliphatic hydroxyl groups excluding tert-OH is 1. The lowest BCUT2D eigenvalue weighted by Crippen LogP contribution is -2.35. The summed E-state index contributed by atoms with van der Waals surface area (Å²) in [6.45, 7) is 4.85. The first kappa shape index (κ1) is 12.5. The van der Waals surface area contributed by atoms with Gasteiger partial charge in [0.05, 0.1) is 19.3 Å². The van der Waals surface area contributed by atoms with Gasteiger partial charge in [-0.2, -0.15) is 0 Å². The van der Waals surface area contributed by atoms with Crippen molar-refractivity contribution in [3.8, 4) is 0 Å². The zero-order chi connectivity index (χ0) is 12.1. The molecule has 1 fully saturated rings. The van der Waals surface area contributed by atoms with Gasteiger partial charge in [0.2, 0.25) is 0 Å². The van der Waals surface area contributed by atoms with Crippen molar-refractivity contribution in [3.63, 3.8) is 0 Å². The maximum Gasteiger partial charge on any atom is 0.0912 e. The molecule has 0 spiro atoms. The van der Waals surface area contributed by atoms with Crippen LogP contribution in [0.25, 0.3) is 0 Å².